The van der Waals surface area contributed by atoms with Gasteiger partial charge in [-0.2, -0.15) is 0 Å². The minimum atomic E-state index is -3.30. The van der Waals surface area contributed by atoms with Crippen molar-refractivity contribution in [2.24, 2.45) is 5.92 Å². The zero-order valence-corrected chi connectivity index (χ0v) is 17.0. The molecule has 1 aliphatic rings. The Hall–Kier alpha value is -1.86. The molecule has 0 fully saturated rings. The van der Waals surface area contributed by atoms with Gasteiger partial charge in [-0.15, -0.1) is 17.9 Å². The molecule has 140 valence electrons. The molecular formula is C19H24N2O3S2. The fourth-order valence-electron chi connectivity index (χ4n) is 3.31. The Morgan fingerprint density at radius 1 is 1.27 bits per heavy atom. The van der Waals surface area contributed by atoms with Crippen LogP contribution in [0.1, 0.15) is 23.5 Å². The van der Waals surface area contributed by atoms with Gasteiger partial charge in [-0.25, -0.2) is 8.42 Å². The van der Waals surface area contributed by atoms with E-state index in [4.69, 9.17) is 0 Å². The number of fused-ring (bicyclic) bond motifs is 3. The quantitative estimate of drug-likeness (QED) is 0.732. The maximum absolute atomic E-state index is 13.1. The summed E-state index contributed by atoms with van der Waals surface area (Å²) in [5.41, 5.74) is 0.876. The molecule has 26 heavy (non-hydrogen) atoms. The van der Waals surface area contributed by atoms with Gasteiger partial charge in [0.15, 0.2) is 9.84 Å². The van der Waals surface area contributed by atoms with Crippen LogP contribution >= 0.6 is 11.3 Å². The number of carbonyl (C=O) groups excluding carboxylic acids is 1. The Kier molecular flexibility index (Phi) is 5.12. The third kappa shape index (κ3) is 3.50. The first kappa shape index (κ1) is 18.9. The van der Waals surface area contributed by atoms with Crippen molar-refractivity contribution >= 4 is 42.9 Å². The molecule has 0 bridgehead atoms. The number of anilines is 1. The minimum Gasteiger partial charge on any atom is -0.368 e. The molecule has 1 aliphatic heterocycles. The van der Waals surface area contributed by atoms with Crippen molar-refractivity contribution in [3.05, 3.63) is 35.7 Å². The maximum atomic E-state index is 13.1. The highest BCUT2D eigenvalue weighted by Gasteiger charge is 2.30. The molecule has 2 heterocycles. The average Bonchev–Trinajstić information content (AvgIpc) is 2.88. The molecule has 0 radical (unpaired) electrons. The fourth-order valence-corrected chi connectivity index (χ4v) is 5.13. The van der Waals surface area contributed by atoms with E-state index < -0.39 is 9.84 Å². The summed E-state index contributed by atoms with van der Waals surface area (Å²) in [6, 6.07) is 5.14. The van der Waals surface area contributed by atoms with Crippen LogP contribution in [0.25, 0.3) is 10.1 Å². The first-order valence-electron chi connectivity index (χ1n) is 8.64. The van der Waals surface area contributed by atoms with Crippen LogP contribution in [0.15, 0.2) is 35.7 Å². The zero-order valence-electron chi connectivity index (χ0n) is 15.4. The van der Waals surface area contributed by atoms with Gasteiger partial charge < -0.3 is 9.80 Å². The van der Waals surface area contributed by atoms with Crippen LogP contribution in [0.3, 0.4) is 0 Å². The van der Waals surface area contributed by atoms with Crippen molar-refractivity contribution < 1.29 is 13.2 Å². The number of rotatable bonds is 5. The number of carbonyl (C=O) groups is 1. The second kappa shape index (κ2) is 7.04. The van der Waals surface area contributed by atoms with Crippen molar-refractivity contribution in [2.75, 3.05) is 37.3 Å². The molecule has 1 aromatic heterocycles. The highest BCUT2D eigenvalue weighted by molar-refractivity contribution is 7.90. The van der Waals surface area contributed by atoms with Gasteiger partial charge in [-0.1, -0.05) is 19.9 Å². The number of hydrogen-bond donors (Lipinski definition) is 0. The molecular weight excluding hydrogens is 368 g/mol. The Labute approximate surface area is 158 Å². The monoisotopic (exact) mass is 392 g/mol. The number of amides is 1. The molecule has 2 aromatic rings. The summed E-state index contributed by atoms with van der Waals surface area (Å²) >= 11 is 1.44. The number of benzene rings is 1. The molecule has 0 saturated heterocycles. The Morgan fingerprint density at radius 2 is 1.96 bits per heavy atom. The van der Waals surface area contributed by atoms with Gasteiger partial charge in [0.05, 0.1) is 10.6 Å². The van der Waals surface area contributed by atoms with Gasteiger partial charge in [0.25, 0.3) is 5.91 Å². The van der Waals surface area contributed by atoms with Crippen molar-refractivity contribution in [2.45, 2.75) is 18.7 Å². The second-order valence-corrected chi connectivity index (χ2v) is 10.2. The minimum absolute atomic E-state index is 0.00624. The van der Waals surface area contributed by atoms with Crippen LogP contribution in [-0.4, -0.2) is 51.7 Å². The van der Waals surface area contributed by atoms with E-state index in [1.165, 1.54) is 17.6 Å². The van der Waals surface area contributed by atoms with Crippen molar-refractivity contribution in [3.63, 3.8) is 0 Å². The Balaban J connectivity index is 2.23. The summed E-state index contributed by atoms with van der Waals surface area (Å²) < 4.78 is 24.9. The summed E-state index contributed by atoms with van der Waals surface area (Å²) in [5.74, 6) is 0.421. The van der Waals surface area contributed by atoms with E-state index in [0.29, 0.717) is 23.9 Å². The zero-order chi connectivity index (χ0) is 19.1. The average molecular weight is 393 g/mol. The molecule has 1 amide bonds. The Bertz CT molecular complexity index is 961. The van der Waals surface area contributed by atoms with Crippen LogP contribution in [0, 0.1) is 5.92 Å². The molecule has 0 aliphatic carbocycles. The predicted molar refractivity (Wildman–Crippen MR) is 108 cm³/mol. The van der Waals surface area contributed by atoms with Crippen LogP contribution < -0.4 is 4.90 Å². The van der Waals surface area contributed by atoms with Gasteiger partial charge in [-0.3, -0.25) is 4.79 Å². The van der Waals surface area contributed by atoms with Crippen LogP contribution in [0.5, 0.6) is 0 Å². The summed E-state index contributed by atoms with van der Waals surface area (Å²) in [4.78, 5) is 18.1. The third-order valence-corrected chi connectivity index (χ3v) is 6.69. The highest BCUT2D eigenvalue weighted by Crippen LogP contribution is 2.41. The lowest BCUT2D eigenvalue weighted by Crippen LogP contribution is -2.36. The molecule has 0 spiro atoms. The van der Waals surface area contributed by atoms with E-state index in [0.717, 1.165) is 28.9 Å². The molecule has 7 heteroatoms. The molecule has 3 rings (SSSR count). The SMILES string of the molecule is C=CCN1CCN(CC(C)C)c2c(sc3ccc(S(C)(=O)=O)cc23)C1=O. The van der Waals surface area contributed by atoms with E-state index in [1.54, 1.807) is 23.1 Å². The van der Waals surface area contributed by atoms with E-state index in [-0.39, 0.29) is 10.8 Å². The largest absolute Gasteiger partial charge is 0.368 e. The van der Waals surface area contributed by atoms with Gasteiger partial charge in [-0.05, 0) is 24.1 Å². The van der Waals surface area contributed by atoms with Gasteiger partial charge in [0.1, 0.15) is 4.88 Å². The van der Waals surface area contributed by atoms with E-state index >= 15 is 0 Å². The number of hydrogen-bond acceptors (Lipinski definition) is 5. The first-order valence-corrected chi connectivity index (χ1v) is 11.3. The number of nitrogens with zero attached hydrogens (tertiary/aromatic N) is 2. The molecule has 0 N–H and O–H groups in total. The Morgan fingerprint density at radius 3 is 2.58 bits per heavy atom. The van der Waals surface area contributed by atoms with Crippen LogP contribution in [-0.2, 0) is 9.84 Å². The lowest BCUT2D eigenvalue weighted by molar-refractivity contribution is 0.0788. The summed E-state index contributed by atoms with van der Waals surface area (Å²) in [5, 5.41) is 0.849. The molecule has 0 saturated carbocycles. The lowest BCUT2D eigenvalue weighted by atomic mass is 10.1. The van der Waals surface area contributed by atoms with Gasteiger partial charge in [0, 0.05) is 42.5 Å². The number of thiophene rings is 1. The normalized spacial score (nSPS) is 15.5. The van der Waals surface area contributed by atoms with Crippen LogP contribution in [0.4, 0.5) is 5.69 Å². The van der Waals surface area contributed by atoms with E-state index in [9.17, 15) is 13.2 Å². The summed E-state index contributed by atoms with van der Waals surface area (Å²) in [7, 11) is -3.30. The second-order valence-electron chi connectivity index (χ2n) is 7.09. The molecule has 0 atom stereocenters. The predicted octanol–water partition coefficient (Wildman–Crippen LogP) is 3.41. The summed E-state index contributed by atoms with van der Waals surface area (Å²) in [6.07, 6.45) is 2.95. The third-order valence-electron chi connectivity index (χ3n) is 4.43. The first-order chi connectivity index (χ1) is 12.2. The van der Waals surface area contributed by atoms with E-state index in [1.807, 2.05) is 6.07 Å². The maximum Gasteiger partial charge on any atom is 0.266 e. The standard InChI is InChI=1S/C19H24N2O3S2/c1-5-8-20-9-10-21(12-13(2)3)17-15-11-14(26(4,23)24)6-7-16(15)25-18(17)19(20)22/h5-7,11,13H,1,8-10,12H2,2-4H3. The van der Waals surface area contributed by atoms with Gasteiger partial charge in [0.2, 0.25) is 0 Å². The highest BCUT2D eigenvalue weighted by atomic mass is 32.2. The fraction of sp³-hybridized carbons (Fsp3) is 0.421. The smallest absolute Gasteiger partial charge is 0.266 e. The lowest BCUT2D eigenvalue weighted by Gasteiger charge is -2.26. The van der Waals surface area contributed by atoms with E-state index in [2.05, 4.69) is 25.3 Å². The van der Waals surface area contributed by atoms with Crippen LogP contribution in [0.2, 0.25) is 0 Å². The molecule has 1 aromatic carbocycles. The van der Waals surface area contributed by atoms with Gasteiger partial charge >= 0.3 is 0 Å². The summed E-state index contributed by atoms with van der Waals surface area (Å²) in [6.45, 7) is 10.7. The van der Waals surface area contributed by atoms with Crippen molar-refractivity contribution in [1.82, 2.24) is 4.90 Å². The molecule has 0 unspecified atom stereocenters. The van der Waals surface area contributed by atoms with Crippen molar-refractivity contribution in [1.29, 1.82) is 0 Å². The van der Waals surface area contributed by atoms with Crippen molar-refractivity contribution in [3.8, 4) is 0 Å². The topological polar surface area (TPSA) is 57.7 Å². The molecule has 5 nitrogen and oxygen atoms in total. The number of sulfone groups is 1.